The van der Waals surface area contributed by atoms with E-state index in [1.54, 1.807) is 18.5 Å². The number of unbranched alkanes of at least 4 members (excludes halogenated alkanes) is 1. The van der Waals surface area contributed by atoms with E-state index in [1.807, 2.05) is 4.90 Å². The van der Waals surface area contributed by atoms with Crippen molar-refractivity contribution in [1.82, 2.24) is 9.88 Å². The first-order valence-electron chi connectivity index (χ1n) is 6.87. The smallest absolute Gasteiger partial charge is 0.257 e. The molecule has 0 aliphatic rings. The van der Waals surface area contributed by atoms with Gasteiger partial charge in [0.1, 0.15) is 0 Å². The summed E-state index contributed by atoms with van der Waals surface area (Å²) in [7, 11) is 0. The third-order valence-corrected chi connectivity index (χ3v) is 3.34. The molecule has 0 radical (unpaired) electrons. The number of aromatic nitrogens is 1. The Morgan fingerprint density at radius 2 is 2.26 bits per heavy atom. The molecule has 1 aromatic heterocycles. The van der Waals surface area contributed by atoms with Gasteiger partial charge in [-0.25, -0.2) is 0 Å². The SMILES string of the molecule is CCCCN(C(=O)c1cnccc1NN)C(C)CC. The number of rotatable bonds is 7. The lowest BCUT2D eigenvalue weighted by molar-refractivity contribution is 0.0686. The van der Waals surface area contributed by atoms with Crippen LogP contribution in [0.2, 0.25) is 0 Å². The molecular weight excluding hydrogens is 240 g/mol. The molecule has 0 aliphatic carbocycles. The van der Waals surface area contributed by atoms with Gasteiger partial charge < -0.3 is 10.3 Å². The predicted molar refractivity (Wildman–Crippen MR) is 77.7 cm³/mol. The average molecular weight is 264 g/mol. The van der Waals surface area contributed by atoms with Crippen LogP contribution in [-0.2, 0) is 0 Å². The molecule has 0 aliphatic heterocycles. The summed E-state index contributed by atoms with van der Waals surface area (Å²) < 4.78 is 0. The molecule has 1 unspecified atom stereocenters. The van der Waals surface area contributed by atoms with Crippen molar-refractivity contribution in [3.05, 3.63) is 24.0 Å². The first kappa shape index (κ1) is 15.4. The lowest BCUT2D eigenvalue weighted by atomic mass is 10.1. The van der Waals surface area contributed by atoms with Crippen LogP contribution < -0.4 is 11.3 Å². The Kier molecular flexibility index (Phi) is 6.29. The monoisotopic (exact) mass is 264 g/mol. The number of carbonyl (C=O) groups is 1. The van der Waals surface area contributed by atoms with Gasteiger partial charge >= 0.3 is 0 Å². The van der Waals surface area contributed by atoms with E-state index in [0.717, 1.165) is 25.8 Å². The second-order valence-corrected chi connectivity index (χ2v) is 4.67. The first-order chi connectivity index (χ1) is 9.15. The zero-order valence-electron chi connectivity index (χ0n) is 12.0. The van der Waals surface area contributed by atoms with Crippen molar-refractivity contribution in [3.63, 3.8) is 0 Å². The lowest BCUT2D eigenvalue weighted by Crippen LogP contribution is -2.39. The van der Waals surface area contributed by atoms with Gasteiger partial charge in [0.25, 0.3) is 5.91 Å². The standard InChI is InChI=1S/C14H24N4O/c1-4-6-9-18(11(3)5-2)14(19)12-10-16-8-7-13(12)17-15/h7-8,10-11H,4-6,9,15H2,1-3H3,(H,16,17). The molecule has 1 amide bonds. The van der Waals surface area contributed by atoms with Crippen molar-refractivity contribution in [2.24, 2.45) is 5.84 Å². The normalized spacial score (nSPS) is 12.0. The minimum absolute atomic E-state index is 0.0103. The van der Waals surface area contributed by atoms with Crippen molar-refractivity contribution in [3.8, 4) is 0 Å². The maximum Gasteiger partial charge on any atom is 0.257 e. The molecule has 106 valence electrons. The number of nitrogens with two attached hydrogens (primary N) is 1. The summed E-state index contributed by atoms with van der Waals surface area (Å²) in [6.07, 6.45) is 6.18. The van der Waals surface area contributed by atoms with E-state index in [9.17, 15) is 4.79 Å². The van der Waals surface area contributed by atoms with Crippen molar-refractivity contribution in [1.29, 1.82) is 0 Å². The largest absolute Gasteiger partial charge is 0.336 e. The Morgan fingerprint density at radius 1 is 1.53 bits per heavy atom. The fourth-order valence-corrected chi connectivity index (χ4v) is 1.92. The number of nitrogens with zero attached hydrogens (tertiary/aromatic N) is 2. The minimum Gasteiger partial charge on any atom is -0.336 e. The lowest BCUT2D eigenvalue weighted by Gasteiger charge is -2.29. The van der Waals surface area contributed by atoms with Gasteiger partial charge in [-0.15, -0.1) is 0 Å². The maximum atomic E-state index is 12.6. The summed E-state index contributed by atoms with van der Waals surface area (Å²) in [6.45, 7) is 7.04. The predicted octanol–water partition coefficient (Wildman–Crippen LogP) is 2.41. The first-order valence-corrected chi connectivity index (χ1v) is 6.87. The summed E-state index contributed by atoms with van der Waals surface area (Å²) in [4.78, 5) is 18.5. The highest BCUT2D eigenvalue weighted by atomic mass is 16.2. The number of carbonyl (C=O) groups excluding carboxylic acids is 1. The topological polar surface area (TPSA) is 71.2 Å². The van der Waals surface area contributed by atoms with Gasteiger partial charge in [0.2, 0.25) is 0 Å². The fraction of sp³-hybridized carbons (Fsp3) is 0.571. The van der Waals surface area contributed by atoms with Crippen LogP contribution in [0.25, 0.3) is 0 Å². The number of hydrogen-bond acceptors (Lipinski definition) is 4. The van der Waals surface area contributed by atoms with Crippen LogP contribution in [0.1, 0.15) is 50.4 Å². The van der Waals surface area contributed by atoms with Gasteiger partial charge in [-0.1, -0.05) is 20.3 Å². The maximum absolute atomic E-state index is 12.6. The van der Waals surface area contributed by atoms with E-state index in [1.165, 1.54) is 0 Å². The van der Waals surface area contributed by atoms with Gasteiger partial charge in [-0.3, -0.25) is 15.6 Å². The molecule has 19 heavy (non-hydrogen) atoms. The van der Waals surface area contributed by atoms with Gasteiger partial charge in [0.15, 0.2) is 0 Å². The molecule has 5 heteroatoms. The zero-order valence-corrected chi connectivity index (χ0v) is 12.0. The third-order valence-electron chi connectivity index (χ3n) is 3.34. The quantitative estimate of drug-likeness (QED) is 0.586. The van der Waals surface area contributed by atoms with Gasteiger partial charge in [0, 0.05) is 25.0 Å². The Bertz CT molecular complexity index is 408. The van der Waals surface area contributed by atoms with Crippen molar-refractivity contribution in [2.75, 3.05) is 12.0 Å². The van der Waals surface area contributed by atoms with Gasteiger partial charge in [0.05, 0.1) is 11.3 Å². The number of anilines is 1. The third kappa shape index (κ3) is 3.92. The van der Waals surface area contributed by atoms with Crippen LogP contribution in [0.5, 0.6) is 0 Å². The van der Waals surface area contributed by atoms with Crippen molar-refractivity contribution in [2.45, 2.75) is 46.1 Å². The number of nitrogens with one attached hydrogen (secondary N) is 1. The van der Waals surface area contributed by atoms with E-state index in [-0.39, 0.29) is 11.9 Å². The fourth-order valence-electron chi connectivity index (χ4n) is 1.92. The van der Waals surface area contributed by atoms with Gasteiger partial charge in [-0.2, -0.15) is 0 Å². The molecule has 1 heterocycles. The molecule has 1 atom stereocenters. The van der Waals surface area contributed by atoms with Crippen LogP contribution in [-0.4, -0.2) is 28.4 Å². The van der Waals surface area contributed by atoms with Crippen molar-refractivity contribution < 1.29 is 4.79 Å². The number of hydrogen-bond donors (Lipinski definition) is 2. The molecule has 0 bridgehead atoms. The number of hydrazine groups is 1. The van der Waals surface area contributed by atoms with Crippen LogP contribution in [0.4, 0.5) is 5.69 Å². The molecule has 3 N–H and O–H groups in total. The Balaban J connectivity index is 2.97. The van der Waals surface area contributed by atoms with E-state index < -0.39 is 0 Å². The van der Waals surface area contributed by atoms with E-state index in [4.69, 9.17) is 5.84 Å². The second-order valence-electron chi connectivity index (χ2n) is 4.67. The van der Waals surface area contributed by atoms with E-state index in [2.05, 4.69) is 31.2 Å². The highest BCUT2D eigenvalue weighted by Gasteiger charge is 2.22. The molecule has 5 nitrogen and oxygen atoms in total. The molecular formula is C14H24N4O. The van der Waals surface area contributed by atoms with E-state index in [0.29, 0.717) is 11.3 Å². The molecule has 1 rings (SSSR count). The van der Waals surface area contributed by atoms with Crippen molar-refractivity contribution >= 4 is 11.6 Å². The molecule has 1 aromatic rings. The number of nitrogen functional groups attached to an aromatic ring is 1. The van der Waals surface area contributed by atoms with Crippen LogP contribution >= 0.6 is 0 Å². The molecule has 0 fully saturated rings. The summed E-state index contributed by atoms with van der Waals surface area (Å²) in [5.41, 5.74) is 3.70. The summed E-state index contributed by atoms with van der Waals surface area (Å²) in [6, 6.07) is 1.92. The Labute approximate surface area is 115 Å². The minimum atomic E-state index is -0.0103. The molecule has 0 aromatic carbocycles. The zero-order chi connectivity index (χ0) is 14.3. The van der Waals surface area contributed by atoms with Crippen LogP contribution in [0.15, 0.2) is 18.5 Å². The highest BCUT2D eigenvalue weighted by molar-refractivity contribution is 5.99. The average Bonchev–Trinajstić information content (AvgIpc) is 2.46. The summed E-state index contributed by atoms with van der Waals surface area (Å²) in [5.74, 6) is 5.44. The second kappa shape index (κ2) is 7.74. The van der Waals surface area contributed by atoms with E-state index >= 15 is 0 Å². The highest BCUT2D eigenvalue weighted by Crippen LogP contribution is 2.17. The summed E-state index contributed by atoms with van der Waals surface area (Å²) in [5, 5.41) is 0. The molecule has 0 spiro atoms. The Morgan fingerprint density at radius 3 is 2.84 bits per heavy atom. The van der Waals surface area contributed by atoms with Crippen LogP contribution in [0, 0.1) is 0 Å². The number of amides is 1. The summed E-state index contributed by atoms with van der Waals surface area (Å²) >= 11 is 0. The van der Waals surface area contributed by atoms with Gasteiger partial charge in [-0.05, 0) is 25.8 Å². The Hall–Kier alpha value is -1.62. The number of pyridine rings is 1. The molecule has 0 saturated heterocycles. The van der Waals surface area contributed by atoms with Crippen LogP contribution in [0.3, 0.4) is 0 Å². The molecule has 0 saturated carbocycles.